The molecule has 0 aromatic heterocycles. The Balaban J connectivity index is 2.00. The van der Waals surface area contributed by atoms with E-state index in [0.717, 1.165) is 5.69 Å². The maximum absolute atomic E-state index is 12.5. The summed E-state index contributed by atoms with van der Waals surface area (Å²) < 4.78 is 39.6. The molecule has 0 bridgehead atoms. The maximum Gasteiger partial charge on any atom is 0.387 e. The van der Waals surface area contributed by atoms with E-state index in [-0.39, 0.29) is 29.7 Å². The third kappa shape index (κ3) is 6.14. The number of rotatable bonds is 9. The van der Waals surface area contributed by atoms with Crippen LogP contribution in [0.1, 0.15) is 5.56 Å². The van der Waals surface area contributed by atoms with Crippen molar-refractivity contribution in [2.75, 3.05) is 26.1 Å². The van der Waals surface area contributed by atoms with Gasteiger partial charge in [0.05, 0.1) is 27.0 Å². The number of carbonyl (C=O) groups is 1. The Labute approximate surface area is 154 Å². The third-order valence-corrected chi connectivity index (χ3v) is 3.32. The van der Waals surface area contributed by atoms with E-state index in [1.807, 2.05) is 30.3 Å². The van der Waals surface area contributed by atoms with Gasteiger partial charge in [0.15, 0.2) is 11.5 Å². The van der Waals surface area contributed by atoms with Gasteiger partial charge in [0, 0.05) is 11.3 Å². The summed E-state index contributed by atoms with van der Waals surface area (Å²) in [6.07, 6.45) is 1.33. The van der Waals surface area contributed by atoms with Crippen molar-refractivity contribution in [3.63, 3.8) is 0 Å². The number of methoxy groups -OCH3 is 2. The van der Waals surface area contributed by atoms with Crippen LogP contribution in [0.2, 0.25) is 0 Å². The van der Waals surface area contributed by atoms with Gasteiger partial charge in [-0.2, -0.15) is 13.9 Å². The minimum Gasteiger partial charge on any atom is -0.493 e. The van der Waals surface area contributed by atoms with Crippen molar-refractivity contribution >= 4 is 17.8 Å². The molecule has 0 saturated carbocycles. The molecule has 7 nitrogen and oxygen atoms in total. The van der Waals surface area contributed by atoms with Gasteiger partial charge in [0.2, 0.25) is 5.75 Å². The quantitative estimate of drug-likeness (QED) is 0.517. The molecular formula is C18H19F2N3O4. The molecule has 0 aliphatic carbocycles. The van der Waals surface area contributed by atoms with Gasteiger partial charge in [-0.15, -0.1) is 0 Å². The van der Waals surface area contributed by atoms with Gasteiger partial charge in [0.1, 0.15) is 0 Å². The average Bonchev–Trinajstić information content (AvgIpc) is 2.67. The Morgan fingerprint density at radius 2 is 1.78 bits per heavy atom. The van der Waals surface area contributed by atoms with Crippen LogP contribution in [0.4, 0.5) is 14.5 Å². The molecule has 9 heteroatoms. The summed E-state index contributed by atoms with van der Waals surface area (Å²) in [5.41, 5.74) is 3.62. The predicted molar refractivity (Wildman–Crippen MR) is 96.8 cm³/mol. The number of alkyl halides is 2. The predicted octanol–water partition coefficient (Wildman–Crippen LogP) is 2.87. The van der Waals surface area contributed by atoms with E-state index < -0.39 is 6.61 Å². The molecule has 2 rings (SSSR count). The van der Waals surface area contributed by atoms with E-state index in [1.54, 1.807) is 0 Å². The average molecular weight is 379 g/mol. The fourth-order valence-electron chi connectivity index (χ4n) is 2.14. The Bertz CT molecular complexity index is 760. The highest BCUT2D eigenvalue weighted by Gasteiger charge is 2.17. The Morgan fingerprint density at radius 1 is 1.15 bits per heavy atom. The lowest BCUT2D eigenvalue weighted by molar-refractivity contribution is -0.119. The van der Waals surface area contributed by atoms with Crippen LogP contribution in [0.25, 0.3) is 0 Å². The fraction of sp³-hybridized carbons (Fsp3) is 0.222. The lowest BCUT2D eigenvalue weighted by Crippen LogP contribution is -2.25. The van der Waals surface area contributed by atoms with Gasteiger partial charge in [-0.1, -0.05) is 18.2 Å². The molecule has 0 saturated heterocycles. The van der Waals surface area contributed by atoms with Crippen LogP contribution in [0.15, 0.2) is 47.6 Å². The van der Waals surface area contributed by atoms with Crippen LogP contribution in [-0.4, -0.2) is 39.5 Å². The number of nitrogens with zero attached hydrogens (tertiary/aromatic N) is 1. The number of halogens is 2. The standard InChI is InChI=1S/C18H19F2N3O4/c1-25-14-8-12(9-15(26-2)17(14)27-18(19)20)10-22-23-16(24)11-21-13-6-4-3-5-7-13/h3-10,18,21H,11H2,1-2H3,(H,23,24)/b22-10-. The zero-order valence-corrected chi connectivity index (χ0v) is 14.7. The summed E-state index contributed by atoms with van der Waals surface area (Å²) in [4.78, 5) is 11.8. The highest BCUT2D eigenvalue weighted by Crippen LogP contribution is 2.39. The Morgan fingerprint density at radius 3 is 2.33 bits per heavy atom. The zero-order valence-electron chi connectivity index (χ0n) is 14.7. The Hall–Kier alpha value is -3.36. The summed E-state index contributed by atoms with van der Waals surface area (Å²) in [7, 11) is 2.62. The number of benzene rings is 2. The van der Waals surface area contributed by atoms with Gasteiger partial charge >= 0.3 is 6.61 Å². The van der Waals surface area contributed by atoms with Gasteiger partial charge in [-0.25, -0.2) is 5.43 Å². The number of para-hydroxylation sites is 1. The Kier molecular flexibility index (Phi) is 7.36. The van der Waals surface area contributed by atoms with Crippen molar-refractivity contribution in [1.82, 2.24) is 5.43 Å². The van der Waals surface area contributed by atoms with Crippen LogP contribution in [0.3, 0.4) is 0 Å². The number of ether oxygens (including phenoxy) is 3. The maximum atomic E-state index is 12.5. The zero-order chi connectivity index (χ0) is 19.6. The molecule has 2 aromatic carbocycles. The lowest BCUT2D eigenvalue weighted by Gasteiger charge is -2.14. The number of anilines is 1. The normalized spacial score (nSPS) is 10.7. The van der Waals surface area contributed by atoms with Crippen LogP contribution >= 0.6 is 0 Å². The van der Waals surface area contributed by atoms with Crippen LogP contribution in [-0.2, 0) is 4.79 Å². The molecule has 0 aliphatic heterocycles. The van der Waals surface area contributed by atoms with Crippen molar-refractivity contribution < 1.29 is 27.8 Å². The second-order valence-corrected chi connectivity index (χ2v) is 5.15. The highest BCUT2D eigenvalue weighted by molar-refractivity contribution is 5.85. The summed E-state index contributed by atoms with van der Waals surface area (Å²) in [5.74, 6) is -0.476. The van der Waals surface area contributed by atoms with E-state index in [0.29, 0.717) is 5.56 Å². The first-order valence-corrected chi connectivity index (χ1v) is 7.85. The van der Waals surface area contributed by atoms with Crippen molar-refractivity contribution in [1.29, 1.82) is 0 Å². The van der Waals surface area contributed by atoms with Gasteiger partial charge < -0.3 is 19.5 Å². The molecule has 27 heavy (non-hydrogen) atoms. The molecule has 0 radical (unpaired) electrons. The van der Waals surface area contributed by atoms with Gasteiger partial charge in [-0.05, 0) is 24.3 Å². The number of nitrogens with one attached hydrogen (secondary N) is 2. The molecule has 0 atom stereocenters. The van der Waals surface area contributed by atoms with E-state index >= 15 is 0 Å². The lowest BCUT2D eigenvalue weighted by atomic mass is 10.2. The topological polar surface area (TPSA) is 81.2 Å². The van der Waals surface area contributed by atoms with Crippen LogP contribution in [0.5, 0.6) is 17.2 Å². The summed E-state index contributed by atoms with van der Waals surface area (Å²) >= 11 is 0. The summed E-state index contributed by atoms with van der Waals surface area (Å²) in [6.45, 7) is -2.99. The second kappa shape index (κ2) is 9.95. The van der Waals surface area contributed by atoms with Crippen molar-refractivity contribution in [3.8, 4) is 17.2 Å². The fourth-order valence-corrected chi connectivity index (χ4v) is 2.14. The minimum atomic E-state index is -3.02. The molecule has 0 unspecified atom stereocenters. The number of hydrogen-bond donors (Lipinski definition) is 2. The molecule has 0 spiro atoms. The van der Waals surface area contributed by atoms with Gasteiger partial charge in [-0.3, -0.25) is 4.79 Å². The molecule has 2 aromatic rings. The molecule has 144 valence electrons. The number of hydrazone groups is 1. The SMILES string of the molecule is COc1cc(/C=N\NC(=O)CNc2ccccc2)cc(OC)c1OC(F)F. The van der Waals surface area contributed by atoms with E-state index in [1.165, 1.54) is 32.6 Å². The third-order valence-electron chi connectivity index (χ3n) is 3.32. The van der Waals surface area contributed by atoms with Crippen molar-refractivity contribution in [2.45, 2.75) is 6.61 Å². The first-order valence-electron chi connectivity index (χ1n) is 7.85. The first kappa shape index (κ1) is 20.0. The van der Waals surface area contributed by atoms with E-state index in [4.69, 9.17) is 9.47 Å². The summed E-state index contributed by atoms with van der Waals surface area (Å²) in [6, 6.07) is 12.1. The van der Waals surface area contributed by atoms with E-state index in [9.17, 15) is 13.6 Å². The second-order valence-electron chi connectivity index (χ2n) is 5.15. The van der Waals surface area contributed by atoms with E-state index in [2.05, 4.69) is 20.6 Å². The highest BCUT2D eigenvalue weighted by atomic mass is 19.3. The summed E-state index contributed by atoms with van der Waals surface area (Å²) in [5, 5.41) is 6.77. The molecule has 2 N–H and O–H groups in total. The molecule has 1 amide bonds. The van der Waals surface area contributed by atoms with Crippen molar-refractivity contribution in [2.24, 2.45) is 5.10 Å². The van der Waals surface area contributed by atoms with Crippen LogP contribution in [0, 0.1) is 0 Å². The molecule has 0 aliphatic rings. The van der Waals surface area contributed by atoms with Crippen LogP contribution < -0.4 is 25.0 Å². The minimum absolute atomic E-state index is 0.0369. The van der Waals surface area contributed by atoms with Gasteiger partial charge in [0.25, 0.3) is 5.91 Å². The monoisotopic (exact) mass is 379 g/mol. The first-order chi connectivity index (χ1) is 13.0. The van der Waals surface area contributed by atoms with Crippen molar-refractivity contribution in [3.05, 3.63) is 48.0 Å². The number of amides is 1. The smallest absolute Gasteiger partial charge is 0.387 e. The molecular weight excluding hydrogens is 360 g/mol. The number of carbonyl (C=O) groups excluding carboxylic acids is 1. The molecule has 0 fully saturated rings. The molecule has 0 heterocycles. The number of hydrogen-bond acceptors (Lipinski definition) is 6. The largest absolute Gasteiger partial charge is 0.493 e.